The minimum atomic E-state index is -1.79. The van der Waals surface area contributed by atoms with Gasteiger partial charge in [-0.05, 0) is 113 Å². The van der Waals surface area contributed by atoms with Gasteiger partial charge < -0.3 is 14.0 Å². The summed E-state index contributed by atoms with van der Waals surface area (Å²) in [4.78, 5) is 10.2. The van der Waals surface area contributed by atoms with Gasteiger partial charge >= 0.3 is 21.1 Å². The van der Waals surface area contributed by atoms with Crippen LogP contribution < -0.4 is 4.74 Å². The minimum Gasteiger partial charge on any atom is -0.508 e. The molecule has 0 amide bonds. The third kappa shape index (κ3) is 6.34. The van der Waals surface area contributed by atoms with Crippen molar-refractivity contribution in [1.29, 1.82) is 0 Å². The van der Waals surface area contributed by atoms with Crippen molar-refractivity contribution in [3.8, 4) is 28.3 Å². The van der Waals surface area contributed by atoms with Gasteiger partial charge in [-0.3, -0.25) is 4.99 Å². The number of aromatic nitrogens is 2. The maximum Gasteiger partial charge on any atom is 2.00 e. The van der Waals surface area contributed by atoms with Crippen molar-refractivity contribution < 1.29 is 33.3 Å². The van der Waals surface area contributed by atoms with E-state index >= 15 is 0 Å². The Morgan fingerprint density at radius 1 is 0.810 bits per heavy atom. The number of aliphatic imine (C=N–C) groups is 1. The van der Waals surface area contributed by atoms with Crippen molar-refractivity contribution in [3.63, 3.8) is 0 Å². The standard InChI is InChI=1S/C57H59N3O2.Pt/c1-31(2)40-17-15-18-41(32(3)4)50(40)36-24-37(53-59-56(13)30-44-35(7)33(5)20-21-45(44)57(56,14)62-53)26-39(25-36)61-49-29-48-46(23-34(49)6)55(11,12)47-28-38(54(8,9)10)27-43-42-19-16-22-58-52(42)60(48)51(43)47;/h15-25,27-28,31-32H,30H2,1-14H3;/q-2;+2/t56-,57+;/m1./s1/i30D2;. The molecule has 2 atom stereocenters. The van der Waals surface area contributed by atoms with E-state index in [4.69, 9.17) is 19.5 Å². The Balaban J connectivity index is 0.00000533. The molecule has 0 spiro atoms. The molecule has 2 aromatic heterocycles. The Morgan fingerprint density at radius 3 is 2.21 bits per heavy atom. The van der Waals surface area contributed by atoms with Crippen molar-refractivity contribution in [2.24, 2.45) is 4.99 Å². The molecule has 0 saturated carbocycles. The summed E-state index contributed by atoms with van der Waals surface area (Å²) in [5.41, 5.74) is 13.7. The first-order valence-corrected chi connectivity index (χ1v) is 22.3. The number of hydrogen-bond donors (Lipinski definition) is 0. The van der Waals surface area contributed by atoms with E-state index < -0.39 is 17.5 Å². The second kappa shape index (κ2) is 14.5. The van der Waals surface area contributed by atoms with Gasteiger partial charge in [0.15, 0.2) is 0 Å². The molecular formula is C57H59N3O2Pt. The van der Waals surface area contributed by atoms with E-state index in [2.05, 4.69) is 147 Å². The fraction of sp³-hybridized carbons (Fsp3) is 0.368. The summed E-state index contributed by atoms with van der Waals surface area (Å²) < 4.78 is 35.7. The second-order valence-electron chi connectivity index (χ2n) is 20.6. The third-order valence-corrected chi connectivity index (χ3v) is 14.4. The van der Waals surface area contributed by atoms with Crippen molar-refractivity contribution in [1.82, 2.24) is 9.55 Å². The second-order valence-corrected chi connectivity index (χ2v) is 20.6. The first kappa shape index (κ1) is 40.8. The summed E-state index contributed by atoms with van der Waals surface area (Å²) in [6.07, 6.45) is 0.0807. The number of fused-ring (bicyclic) bond motifs is 8. The van der Waals surface area contributed by atoms with Crippen LogP contribution in [0.3, 0.4) is 0 Å². The molecule has 324 valence electrons. The van der Waals surface area contributed by atoms with Crippen molar-refractivity contribution in [2.75, 3.05) is 0 Å². The van der Waals surface area contributed by atoms with Crippen LogP contribution in [0.15, 0.2) is 84.0 Å². The maximum atomic E-state index is 9.65. The van der Waals surface area contributed by atoms with E-state index in [1.807, 2.05) is 46.0 Å². The summed E-state index contributed by atoms with van der Waals surface area (Å²) >= 11 is 0. The normalized spacial score (nSPS) is 20.8. The fourth-order valence-corrected chi connectivity index (χ4v) is 10.3. The molecule has 63 heavy (non-hydrogen) atoms. The quantitative estimate of drug-likeness (QED) is 0.156. The smallest absolute Gasteiger partial charge is 0.508 e. The average molecular weight is 1020 g/mol. The molecule has 0 fully saturated rings. The van der Waals surface area contributed by atoms with Crippen molar-refractivity contribution >= 4 is 27.8 Å². The molecule has 4 heterocycles. The minimum absolute atomic E-state index is 0. The third-order valence-electron chi connectivity index (χ3n) is 14.4. The molecule has 10 rings (SSSR count). The van der Waals surface area contributed by atoms with Crippen molar-refractivity contribution in [2.45, 2.75) is 137 Å². The Bertz CT molecular complexity index is 3160. The zero-order valence-corrected chi connectivity index (χ0v) is 41.4. The summed E-state index contributed by atoms with van der Waals surface area (Å²) in [5, 5.41) is 2.31. The Morgan fingerprint density at radius 2 is 1.52 bits per heavy atom. The van der Waals surface area contributed by atoms with Crippen LogP contribution in [-0.2, 0) is 48.6 Å². The number of aryl methyl sites for hydroxylation is 2. The SMILES string of the molecule is [2H]C1([2H])c2c(ccc(C)c2C)[C@]2(C)OC(c3[c-]c(Oc4[c-]c5c(cc4C)C(C)(C)c4cc(C(C)(C)C)cc6c7cccnc7n-5c46)cc(-c4c(C(C)C)cccc4C(C)C)c3)=N[C@]12C.[Pt+2]. The molecule has 2 aliphatic heterocycles. The van der Waals surface area contributed by atoms with E-state index in [1.54, 1.807) is 0 Å². The zero-order valence-electron chi connectivity index (χ0n) is 41.1. The molecule has 6 heteroatoms. The van der Waals surface area contributed by atoms with Gasteiger partial charge in [-0.1, -0.05) is 135 Å². The largest absolute Gasteiger partial charge is 2.00 e. The molecule has 0 N–H and O–H groups in total. The van der Waals surface area contributed by atoms with E-state index in [9.17, 15) is 2.74 Å². The first-order valence-electron chi connectivity index (χ1n) is 23.3. The van der Waals surface area contributed by atoms with E-state index in [1.165, 1.54) is 27.6 Å². The molecule has 0 radical (unpaired) electrons. The first-order chi connectivity index (χ1) is 30.0. The van der Waals surface area contributed by atoms with Crippen LogP contribution >= 0.6 is 0 Å². The molecule has 7 aromatic rings. The van der Waals surface area contributed by atoms with Crippen LogP contribution in [0.1, 0.15) is 152 Å². The Kier molecular flexibility index (Phi) is 9.39. The van der Waals surface area contributed by atoms with Crippen LogP contribution in [0.5, 0.6) is 11.5 Å². The van der Waals surface area contributed by atoms with Crippen molar-refractivity contribution in [3.05, 3.63) is 152 Å². The van der Waals surface area contributed by atoms with Gasteiger partial charge in [0.25, 0.3) is 0 Å². The van der Waals surface area contributed by atoms with Crippen LogP contribution in [-0.4, -0.2) is 21.0 Å². The molecule has 0 bridgehead atoms. The molecule has 1 aliphatic carbocycles. The van der Waals surface area contributed by atoms with Gasteiger partial charge in [-0.15, -0.1) is 23.3 Å². The summed E-state index contributed by atoms with van der Waals surface area (Å²) in [7, 11) is 0. The zero-order chi connectivity index (χ0) is 45.8. The van der Waals surface area contributed by atoms with Gasteiger partial charge in [0.1, 0.15) is 17.1 Å². The van der Waals surface area contributed by atoms with Gasteiger partial charge in [-0.25, -0.2) is 4.98 Å². The number of nitrogens with zero attached hydrogens (tertiary/aromatic N) is 3. The molecule has 5 aromatic carbocycles. The van der Waals surface area contributed by atoms with Crippen LogP contribution in [0.4, 0.5) is 0 Å². The van der Waals surface area contributed by atoms with Gasteiger partial charge in [0.05, 0.1) is 11.1 Å². The predicted molar refractivity (Wildman–Crippen MR) is 255 cm³/mol. The number of ether oxygens (including phenoxy) is 2. The Labute approximate surface area is 391 Å². The van der Waals surface area contributed by atoms with Gasteiger partial charge in [0, 0.05) is 43.1 Å². The van der Waals surface area contributed by atoms with Crippen LogP contribution in [0.2, 0.25) is 0 Å². The average Bonchev–Trinajstić information content (AvgIpc) is 3.76. The predicted octanol–water partition coefficient (Wildman–Crippen LogP) is 14.4. The van der Waals surface area contributed by atoms with Crippen LogP contribution in [0, 0.1) is 32.9 Å². The molecular weight excluding hydrogens is 954 g/mol. The van der Waals surface area contributed by atoms with Gasteiger partial charge in [0.2, 0.25) is 0 Å². The number of rotatable bonds is 6. The monoisotopic (exact) mass is 1010 g/mol. The topological polar surface area (TPSA) is 48.6 Å². The van der Waals surface area contributed by atoms with E-state index in [0.717, 1.165) is 61.2 Å². The molecule has 0 saturated heterocycles. The fourth-order valence-electron chi connectivity index (χ4n) is 10.3. The molecule has 0 unspecified atom stereocenters. The van der Waals surface area contributed by atoms with Crippen LogP contribution in [0.25, 0.3) is 38.8 Å². The van der Waals surface area contributed by atoms with E-state index in [-0.39, 0.29) is 43.7 Å². The summed E-state index contributed by atoms with van der Waals surface area (Å²) in [6.45, 7) is 30.4. The molecule has 5 nitrogen and oxygen atoms in total. The number of pyridine rings is 1. The molecule has 3 aliphatic rings. The number of hydrogen-bond acceptors (Lipinski definition) is 4. The van der Waals surface area contributed by atoms with Gasteiger partial charge in [-0.2, -0.15) is 6.07 Å². The number of benzene rings is 5. The summed E-state index contributed by atoms with van der Waals surface area (Å²) in [5.74, 6) is 1.95. The Hall–Kier alpha value is -4.99. The van der Waals surface area contributed by atoms with E-state index in [0.29, 0.717) is 28.5 Å². The summed E-state index contributed by atoms with van der Waals surface area (Å²) in [6, 6.07) is 33.5. The maximum absolute atomic E-state index is 9.65.